The maximum Gasteiger partial charge on any atom is 0.410 e. The number of benzene rings is 3. The van der Waals surface area contributed by atoms with Crippen molar-refractivity contribution in [2.24, 2.45) is 0 Å². The predicted molar refractivity (Wildman–Crippen MR) is 170 cm³/mol. The van der Waals surface area contributed by atoms with Crippen molar-refractivity contribution in [1.29, 1.82) is 0 Å². The molecule has 3 aromatic carbocycles. The number of hydrogen-bond donors (Lipinski definition) is 0. The molecule has 4 rings (SSSR count). The third kappa shape index (κ3) is 8.57. The lowest BCUT2D eigenvalue weighted by molar-refractivity contribution is 0.0619. The van der Waals surface area contributed by atoms with Crippen LogP contribution in [0.15, 0.2) is 95.9 Å². The minimum Gasteiger partial charge on any atom is -0.445 e. The molecule has 1 unspecified atom stereocenters. The molecular formula is C33H44ClN3O4S. The highest BCUT2D eigenvalue weighted by atomic mass is 35.5. The summed E-state index contributed by atoms with van der Waals surface area (Å²) in [6, 6.07) is 28.7. The first-order valence-corrected chi connectivity index (χ1v) is 15.9. The molecule has 1 fully saturated rings. The summed E-state index contributed by atoms with van der Waals surface area (Å²) in [5.74, 6) is 0. The molecule has 0 aliphatic carbocycles. The zero-order valence-electron chi connectivity index (χ0n) is 24.9. The van der Waals surface area contributed by atoms with Gasteiger partial charge in [-0.15, -0.1) is 12.4 Å². The van der Waals surface area contributed by atoms with Crippen LogP contribution >= 0.6 is 12.4 Å². The van der Waals surface area contributed by atoms with Gasteiger partial charge < -0.3 is 14.5 Å². The zero-order valence-corrected chi connectivity index (χ0v) is 26.5. The smallest absolute Gasteiger partial charge is 0.410 e. The number of ether oxygens (including phenoxy) is 1. The SMILES string of the molecule is CCN(C(=O)OCc1ccccc1)C1CCN(CCC(C)(CN(C)S(=O)(=O)c2ccccc2)c2ccccc2)CC1.Cl. The van der Waals surface area contributed by atoms with Gasteiger partial charge in [-0.05, 0) is 56.0 Å². The highest BCUT2D eigenvalue weighted by Gasteiger charge is 2.34. The van der Waals surface area contributed by atoms with Crippen LogP contribution < -0.4 is 0 Å². The summed E-state index contributed by atoms with van der Waals surface area (Å²) in [6.45, 7) is 8.05. The molecule has 1 saturated heterocycles. The van der Waals surface area contributed by atoms with E-state index in [1.54, 1.807) is 31.3 Å². The van der Waals surface area contributed by atoms with Crippen LogP contribution in [-0.4, -0.2) is 74.4 Å². The second-order valence-corrected chi connectivity index (χ2v) is 13.2. The Bertz CT molecular complexity index is 1340. The quantitative estimate of drug-likeness (QED) is 0.243. The van der Waals surface area contributed by atoms with E-state index in [0.29, 0.717) is 18.0 Å². The summed E-state index contributed by atoms with van der Waals surface area (Å²) < 4.78 is 33.8. The Labute approximate surface area is 257 Å². The van der Waals surface area contributed by atoms with Gasteiger partial charge in [-0.25, -0.2) is 17.5 Å². The molecule has 3 aromatic rings. The lowest BCUT2D eigenvalue weighted by atomic mass is 9.79. The van der Waals surface area contributed by atoms with Crippen LogP contribution in [0.5, 0.6) is 0 Å². The fourth-order valence-corrected chi connectivity index (χ4v) is 7.02. The molecule has 0 spiro atoms. The van der Waals surface area contributed by atoms with Crippen LogP contribution in [0.4, 0.5) is 4.79 Å². The van der Waals surface area contributed by atoms with E-state index in [-0.39, 0.29) is 36.6 Å². The fraction of sp³-hybridized carbons (Fsp3) is 0.424. The number of carbonyl (C=O) groups is 1. The Morgan fingerprint density at radius 1 is 0.929 bits per heavy atom. The topological polar surface area (TPSA) is 70.2 Å². The van der Waals surface area contributed by atoms with Crippen molar-refractivity contribution in [2.45, 2.75) is 56.1 Å². The summed E-state index contributed by atoms with van der Waals surface area (Å²) >= 11 is 0. The van der Waals surface area contributed by atoms with E-state index in [2.05, 4.69) is 24.0 Å². The molecule has 228 valence electrons. The number of sulfonamides is 1. The molecule has 1 heterocycles. The standard InChI is InChI=1S/C33H43N3O4S.ClH/c1-4-36(32(37)40-26-28-14-8-5-9-15-28)30-20-23-35(24-21-30)25-22-33(2,29-16-10-6-11-17-29)27-34(3)41(38,39)31-18-12-7-13-19-31;/h5-19,30H,4,20-27H2,1-3H3;1H. The van der Waals surface area contributed by atoms with Gasteiger partial charge in [0.15, 0.2) is 0 Å². The van der Waals surface area contributed by atoms with Crippen molar-refractivity contribution in [3.8, 4) is 0 Å². The molecule has 9 heteroatoms. The van der Waals surface area contributed by atoms with Gasteiger partial charge in [-0.2, -0.15) is 0 Å². The minimum absolute atomic E-state index is 0. The number of halogens is 1. The maximum atomic E-state index is 13.3. The molecule has 0 radical (unpaired) electrons. The van der Waals surface area contributed by atoms with E-state index in [9.17, 15) is 13.2 Å². The Hall–Kier alpha value is -2.91. The molecular weight excluding hydrogens is 570 g/mol. The number of piperidine rings is 1. The summed E-state index contributed by atoms with van der Waals surface area (Å²) in [5, 5.41) is 0. The van der Waals surface area contributed by atoms with Crippen LogP contribution in [0, 0.1) is 0 Å². The van der Waals surface area contributed by atoms with Gasteiger partial charge in [0.1, 0.15) is 6.61 Å². The van der Waals surface area contributed by atoms with Gasteiger partial charge in [0.25, 0.3) is 0 Å². The van der Waals surface area contributed by atoms with Gasteiger partial charge in [-0.3, -0.25) is 0 Å². The molecule has 0 N–H and O–H groups in total. The molecule has 42 heavy (non-hydrogen) atoms. The second-order valence-electron chi connectivity index (χ2n) is 11.1. The molecule has 1 aliphatic heterocycles. The largest absolute Gasteiger partial charge is 0.445 e. The third-order valence-corrected chi connectivity index (χ3v) is 10.1. The molecule has 1 amide bonds. The van der Waals surface area contributed by atoms with Crippen molar-refractivity contribution < 1.29 is 17.9 Å². The van der Waals surface area contributed by atoms with Crippen LogP contribution in [0.1, 0.15) is 44.2 Å². The van der Waals surface area contributed by atoms with Gasteiger partial charge >= 0.3 is 6.09 Å². The van der Waals surface area contributed by atoms with Crippen molar-refractivity contribution in [1.82, 2.24) is 14.1 Å². The molecule has 1 atom stereocenters. The number of nitrogens with zero attached hydrogens (tertiary/aromatic N) is 3. The van der Waals surface area contributed by atoms with E-state index in [4.69, 9.17) is 4.74 Å². The van der Waals surface area contributed by atoms with Crippen molar-refractivity contribution >= 4 is 28.5 Å². The summed E-state index contributed by atoms with van der Waals surface area (Å²) in [4.78, 5) is 17.5. The minimum atomic E-state index is -3.60. The highest BCUT2D eigenvalue weighted by molar-refractivity contribution is 7.89. The van der Waals surface area contributed by atoms with Gasteiger partial charge in [0, 0.05) is 44.7 Å². The number of likely N-dealkylation sites (tertiary alicyclic amines) is 1. The Kier molecular flexibility index (Phi) is 12.4. The Balaban J connectivity index is 0.00000484. The third-order valence-electron chi connectivity index (χ3n) is 8.25. The van der Waals surface area contributed by atoms with Crippen LogP contribution in [-0.2, 0) is 26.8 Å². The predicted octanol–water partition coefficient (Wildman–Crippen LogP) is 6.20. The van der Waals surface area contributed by atoms with Gasteiger partial charge in [0.05, 0.1) is 4.90 Å². The number of carbonyl (C=O) groups excluding carboxylic acids is 1. The monoisotopic (exact) mass is 613 g/mol. The lowest BCUT2D eigenvalue weighted by Gasteiger charge is -2.40. The number of rotatable bonds is 12. The van der Waals surface area contributed by atoms with E-state index in [1.807, 2.05) is 66.4 Å². The van der Waals surface area contributed by atoms with E-state index in [1.165, 1.54) is 4.31 Å². The van der Waals surface area contributed by atoms with Gasteiger partial charge in [0.2, 0.25) is 10.0 Å². The Morgan fingerprint density at radius 3 is 2.05 bits per heavy atom. The van der Waals surface area contributed by atoms with Crippen LogP contribution in [0.25, 0.3) is 0 Å². The first kappa shape index (κ1) is 33.6. The second kappa shape index (κ2) is 15.5. The highest BCUT2D eigenvalue weighted by Crippen LogP contribution is 2.31. The first-order valence-electron chi connectivity index (χ1n) is 14.5. The van der Waals surface area contributed by atoms with Gasteiger partial charge in [-0.1, -0.05) is 85.8 Å². The van der Waals surface area contributed by atoms with E-state index < -0.39 is 10.0 Å². The van der Waals surface area contributed by atoms with E-state index >= 15 is 0 Å². The average Bonchev–Trinajstić information content (AvgIpc) is 3.01. The molecule has 0 bridgehead atoms. The van der Waals surface area contributed by atoms with Crippen molar-refractivity contribution in [3.63, 3.8) is 0 Å². The van der Waals surface area contributed by atoms with E-state index in [0.717, 1.165) is 50.0 Å². The zero-order chi connectivity index (χ0) is 29.3. The maximum absolute atomic E-state index is 13.3. The normalized spacial score (nSPS) is 15.9. The average molecular weight is 614 g/mol. The number of amides is 1. The molecule has 1 aliphatic rings. The lowest BCUT2D eigenvalue weighted by Crippen LogP contribution is -2.48. The summed E-state index contributed by atoms with van der Waals surface area (Å²) in [5.41, 5.74) is 1.74. The first-order chi connectivity index (χ1) is 19.7. The van der Waals surface area contributed by atoms with Crippen LogP contribution in [0.2, 0.25) is 0 Å². The summed E-state index contributed by atoms with van der Waals surface area (Å²) in [6.07, 6.45) is 2.33. The number of hydrogen-bond acceptors (Lipinski definition) is 5. The molecule has 0 aromatic heterocycles. The van der Waals surface area contributed by atoms with Crippen molar-refractivity contribution in [2.75, 3.05) is 39.8 Å². The Morgan fingerprint density at radius 2 is 1.48 bits per heavy atom. The number of likely N-dealkylation sites (N-methyl/N-ethyl adjacent to an activating group) is 1. The van der Waals surface area contributed by atoms with Crippen LogP contribution in [0.3, 0.4) is 0 Å². The fourth-order valence-electron chi connectivity index (χ4n) is 5.70. The molecule has 7 nitrogen and oxygen atoms in total. The summed E-state index contributed by atoms with van der Waals surface area (Å²) in [7, 11) is -1.93. The van der Waals surface area contributed by atoms with Crippen molar-refractivity contribution in [3.05, 3.63) is 102 Å². The molecule has 0 saturated carbocycles.